The van der Waals surface area contributed by atoms with Gasteiger partial charge in [0.2, 0.25) is 0 Å². The molecule has 0 amide bonds. The molecule has 69 valence electrons. The van der Waals surface area contributed by atoms with Crippen LogP contribution >= 0.6 is 34.2 Å². The Morgan fingerprint density at radius 3 is 2.43 bits per heavy atom. The van der Waals surface area contributed by atoms with Crippen LogP contribution in [0.25, 0.3) is 11.1 Å². The second kappa shape index (κ2) is 4.32. The van der Waals surface area contributed by atoms with E-state index in [1.807, 2.05) is 36.4 Å². The van der Waals surface area contributed by atoms with E-state index in [-0.39, 0.29) is 0 Å². The molecule has 0 aliphatic rings. The molecule has 0 N–H and O–H groups in total. The molecule has 0 saturated carbocycles. The summed E-state index contributed by atoms with van der Waals surface area (Å²) in [6.45, 7) is 0. The van der Waals surface area contributed by atoms with Gasteiger partial charge in [0.05, 0.1) is 0 Å². The number of rotatable bonds is 1. The fraction of sp³-hybridized carbons (Fsp3) is 0. The van der Waals surface area contributed by atoms with Gasteiger partial charge in [0.1, 0.15) is 0 Å². The first-order valence-corrected chi connectivity index (χ1v) is 5.66. The minimum Gasteiger partial charge on any atom is -0.0837 e. The zero-order valence-electron chi connectivity index (χ0n) is 7.30. The van der Waals surface area contributed by atoms with Gasteiger partial charge in [0.25, 0.3) is 0 Å². The van der Waals surface area contributed by atoms with Crippen LogP contribution in [-0.2, 0) is 0 Å². The lowest BCUT2D eigenvalue weighted by molar-refractivity contribution is 1.57. The summed E-state index contributed by atoms with van der Waals surface area (Å²) in [4.78, 5) is 0. The highest BCUT2D eigenvalue weighted by Gasteiger charge is 2.04. The van der Waals surface area contributed by atoms with E-state index in [9.17, 15) is 0 Å². The quantitative estimate of drug-likeness (QED) is 0.684. The molecule has 14 heavy (non-hydrogen) atoms. The van der Waals surface area contributed by atoms with Crippen LogP contribution < -0.4 is 0 Å². The zero-order chi connectivity index (χ0) is 9.97. The van der Waals surface area contributed by atoms with Crippen LogP contribution in [0, 0.1) is 9.64 Å². The molecule has 0 fully saturated rings. The predicted molar refractivity (Wildman–Crippen MR) is 68.4 cm³/mol. The Morgan fingerprint density at radius 1 is 1.00 bits per heavy atom. The van der Waals surface area contributed by atoms with Crippen LogP contribution in [0.4, 0.5) is 0 Å². The summed E-state index contributed by atoms with van der Waals surface area (Å²) in [5, 5.41) is 0.782. The predicted octanol–water partition coefficient (Wildman–Crippen LogP) is 4.41. The van der Waals surface area contributed by atoms with Crippen molar-refractivity contribution in [2.24, 2.45) is 0 Å². The molecular weight excluding hydrogens is 306 g/mol. The van der Waals surface area contributed by atoms with Crippen molar-refractivity contribution >= 4 is 34.2 Å². The second-order valence-electron chi connectivity index (χ2n) is 2.88. The summed E-state index contributed by atoms with van der Waals surface area (Å²) in [7, 11) is 0. The smallest absolute Gasteiger partial charge is 0.0484 e. The lowest BCUT2D eigenvalue weighted by Crippen LogP contribution is -1.82. The highest BCUT2D eigenvalue weighted by Crippen LogP contribution is 2.30. The Bertz CT molecular complexity index is 408. The van der Waals surface area contributed by atoms with E-state index < -0.39 is 0 Å². The number of hydrogen-bond donors (Lipinski definition) is 0. The summed E-state index contributed by atoms with van der Waals surface area (Å²) in [5.74, 6) is 0. The largest absolute Gasteiger partial charge is 0.0837 e. The molecule has 0 nitrogen and oxygen atoms in total. The first-order valence-electron chi connectivity index (χ1n) is 4.20. The van der Waals surface area contributed by atoms with E-state index >= 15 is 0 Å². The Morgan fingerprint density at radius 2 is 1.71 bits per heavy atom. The normalized spacial score (nSPS) is 10.1. The lowest BCUT2D eigenvalue weighted by Gasteiger charge is -2.05. The van der Waals surface area contributed by atoms with E-state index in [1.165, 1.54) is 0 Å². The van der Waals surface area contributed by atoms with Crippen molar-refractivity contribution in [1.82, 2.24) is 0 Å². The molecule has 0 aromatic heterocycles. The van der Waals surface area contributed by atoms with Crippen molar-refractivity contribution in [3.8, 4) is 11.1 Å². The minimum absolute atomic E-state index is 0.782. The Labute approximate surface area is 102 Å². The third-order valence-corrected chi connectivity index (χ3v) is 3.19. The van der Waals surface area contributed by atoms with E-state index in [0.29, 0.717) is 0 Å². The average Bonchev–Trinajstić information content (AvgIpc) is 2.20. The molecule has 2 aromatic carbocycles. The van der Waals surface area contributed by atoms with Crippen molar-refractivity contribution in [1.29, 1.82) is 0 Å². The molecule has 0 unspecified atom stereocenters. The molecule has 0 aliphatic heterocycles. The molecule has 1 radical (unpaired) electrons. The molecule has 2 heteroatoms. The van der Waals surface area contributed by atoms with Gasteiger partial charge in [-0.25, -0.2) is 0 Å². The molecule has 2 aromatic rings. The van der Waals surface area contributed by atoms with E-state index in [1.54, 1.807) is 0 Å². The maximum absolute atomic E-state index is 6.11. The Hall–Kier alpha value is -0.540. The van der Waals surface area contributed by atoms with Crippen molar-refractivity contribution in [3.63, 3.8) is 0 Å². The molecule has 0 saturated heterocycles. The van der Waals surface area contributed by atoms with Crippen molar-refractivity contribution < 1.29 is 0 Å². The van der Waals surface area contributed by atoms with Crippen LogP contribution in [0.1, 0.15) is 0 Å². The molecule has 0 aliphatic carbocycles. The van der Waals surface area contributed by atoms with Gasteiger partial charge in [-0.3, -0.25) is 0 Å². The number of benzene rings is 2. The van der Waals surface area contributed by atoms with E-state index in [0.717, 1.165) is 19.7 Å². The summed E-state index contributed by atoms with van der Waals surface area (Å²) in [5.41, 5.74) is 2.20. The Balaban J connectivity index is 2.61. The van der Waals surface area contributed by atoms with Crippen molar-refractivity contribution in [3.05, 3.63) is 57.1 Å². The molecule has 0 spiro atoms. The summed E-state index contributed by atoms with van der Waals surface area (Å²) >= 11 is 8.38. The zero-order valence-corrected chi connectivity index (χ0v) is 10.2. The fourth-order valence-corrected chi connectivity index (χ4v) is 2.19. The SMILES string of the molecule is Clc1ccccc1-c1ccc[c]c1I. The molecular formula is C12H7ClI. The molecule has 0 heterocycles. The highest BCUT2D eigenvalue weighted by atomic mass is 127. The number of hydrogen-bond acceptors (Lipinski definition) is 0. The third kappa shape index (κ3) is 1.93. The first kappa shape index (κ1) is 9.99. The van der Waals surface area contributed by atoms with Gasteiger partial charge in [-0.05, 0) is 40.3 Å². The standard InChI is InChI=1S/C12H7ClI/c13-11-7-3-1-5-9(11)10-6-2-4-8-12(10)14/h1-7H. The topological polar surface area (TPSA) is 0 Å². The van der Waals surface area contributed by atoms with Gasteiger partial charge >= 0.3 is 0 Å². The van der Waals surface area contributed by atoms with Crippen molar-refractivity contribution in [2.75, 3.05) is 0 Å². The fourth-order valence-electron chi connectivity index (χ4n) is 1.30. The summed E-state index contributed by atoms with van der Waals surface area (Å²) in [6.07, 6.45) is 0. The van der Waals surface area contributed by atoms with Crippen LogP contribution in [-0.4, -0.2) is 0 Å². The van der Waals surface area contributed by atoms with Crippen LogP contribution in [0.2, 0.25) is 5.02 Å². The van der Waals surface area contributed by atoms with E-state index in [4.69, 9.17) is 11.6 Å². The molecule has 2 rings (SSSR count). The molecule has 0 bridgehead atoms. The van der Waals surface area contributed by atoms with Gasteiger partial charge in [-0.2, -0.15) is 0 Å². The monoisotopic (exact) mass is 313 g/mol. The first-order chi connectivity index (χ1) is 6.79. The lowest BCUT2D eigenvalue weighted by atomic mass is 10.1. The van der Waals surface area contributed by atoms with E-state index in [2.05, 4.69) is 34.7 Å². The van der Waals surface area contributed by atoms with Gasteiger partial charge in [0.15, 0.2) is 0 Å². The number of halogens is 2. The highest BCUT2D eigenvalue weighted by molar-refractivity contribution is 14.1. The van der Waals surface area contributed by atoms with Crippen LogP contribution in [0.15, 0.2) is 42.5 Å². The van der Waals surface area contributed by atoms with Crippen molar-refractivity contribution in [2.45, 2.75) is 0 Å². The van der Waals surface area contributed by atoms with Gasteiger partial charge in [0, 0.05) is 14.2 Å². The van der Waals surface area contributed by atoms with Gasteiger partial charge < -0.3 is 0 Å². The second-order valence-corrected chi connectivity index (χ2v) is 4.36. The third-order valence-electron chi connectivity index (χ3n) is 1.97. The summed E-state index contributed by atoms with van der Waals surface area (Å²) in [6, 6.07) is 16.9. The van der Waals surface area contributed by atoms with Crippen LogP contribution in [0.5, 0.6) is 0 Å². The minimum atomic E-state index is 0.782. The maximum Gasteiger partial charge on any atom is 0.0484 e. The van der Waals surface area contributed by atoms with Crippen LogP contribution in [0.3, 0.4) is 0 Å². The Kier molecular flexibility index (Phi) is 3.08. The van der Waals surface area contributed by atoms with Gasteiger partial charge in [-0.15, -0.1) is 0 Å². The summed E-state index contributed by atoms with van der Waals surface area (Å²) < 4.78 is 1.10. The average molecular weight is 314 g/mol. The van der Waals surface area contributed by atoms with Gasteiger partial charge in [-0.1, -0.05) is 48.0 Å². The maximum atomic E-state index is 6.11. The molecule has 0 atom stereocenters.